The summed E-state index contributed by atoms with van der Waals surface area (Å²) in [4.78, 5) is 6.44. The van der Waals surface area contributed by atoms with Crippen LogP contribution in [0.4, 0.5) is 4.39 Å². The van der Waals surface area contributed by atoms with Gasteiger partial charge in [-0.1, -0.05) is 66.7 Å². The molecule has 0 unspecified atom stereocenters. The van der Waals surface area contributed by atoms with Gasteiger partial charge in [-0.05, 0) is 34.4 Å². The van der Waals surface area contributed by atoms with Crippen molar-refractivity contribution in [3.05, 3.63) is 108 Å². The Balaban J connectivity index is 1.42. The van der Waals surface area contributed by atoms with Crippen LogP contribution in [0.25, 0.3) is 5.57 Å². The molecule has 0 aliphatic carbocycles. The SMILES string of the molecule is Fc1cc(C2=CN=CN(Cc3ccccc3)C2)ccc1OCc1ccccc1. The first-order valence-corrected chi connectivity index (χ1v) is 9.25. The number of nitrogens with zero attached hydrogens (tertiary/aromatic N) is 2. The van der Waals surface area contributed by atoms with Crippen molar-refractivity contribution in [3.8, 4) is 5.75 Å². The number of hydrogen-bond donors (Lipinski definition) is 0. The van der Waals surface area contributed by atoms with Gasteiger partial charge in [-0.2, -0.15) is 0 Å². The molecule has 0 spiro atoms. The van der Waals surface area contributed by atoms with Gasteiger partial charge < -0.3 is 9.64 Å². The second-order valence-corrected chi connectivity index (χ2v) is 6.73. The van der Waals surface area contributed by atoms with E-state index in [2.05, 4.69) is 22.0 Å². The molecule has 4 rings (SSSR count). The van der Waals surface area contributed by atoms with E-state index in [9.17, 15) is 4.39 Å². The summed E-state index contributed by atoms with van der Waals surface area (Å²) in [5.41, 5.74) is 4.02. The van der Waals surface area contributed by atoms with Gasteiger partial charge in [-0.15, -0.1) is 0 Å². The maximum absolute atomic E-state index is 14.5. The Labute approximate surface area is 164 Å². The third-order valence-corrected chi connectivity index (χ3v) is 4.60. The fourth-order valence-electron chi connectivity index (χ4n) is 3.15. The molecule has 3 nitrogen and oxygen atoms in total. The number of ether oxygens (including phenoxy) is 1. The number of hydrogen-bond acceptors (Lipinski definition) is 3. The number of halogens is 1. The van der Waals surface area contributed by atoms with Gasteiger partial charge in [0.15, 0.2) is 11.6 Å². The smallest absolute Gasteiger partial charge is 0.165 e. The molecule has 1 aliphatic rings. The van der Waals surface area contributed by atoms with Gasteiger partial charge in [0, 0.05) is 19.3 Å². The molecule has 0 saturated carbocycles. The minimum atomic E-state index is -0.363. The Morgan fingerprint density at radius 1 is 0.893 bits per heavy atom. The van der Waals surface area contributed by atoms with Crippen LogP contribution in [0.15, 0.2) is 90.1 Å². The van der Waals surface area contributed by atoms with Crippen LogP contribution >= 0.6 is 0 Å². The van der Waals surface area contributed by atoms with Crippen molar-refractivity contribution >= 4 is 11.9 Å². The average Bonchev–Trinajstić information content (AvgIpc) is 2.74. The molecule has 0 radical (unpaired) electrons. The largest absolute Gasteiger partial charge is 0.486 e. The predicted molar refractivity (Wildman–Crippen MR) is 110 cm³/mol. The molecule has 1 aliphatic heterocycles. The van der Waals surface area contributed by atoms with Gasteiger partial charge in [-0.25, -0.2) is 9.38 Å². The Hall–Kier alpha value is -3.40. The summed E-state index contributed by atoms with van der Waals surface area (Å²) >= 11 is 0. The topological polar surface area (TPSA) is 24.8 Å². The van der Waals surface area contributed by atoms with E-state index in [1.807, 2.05) is 60.9 Å². The van der Waals surface area contributed by atoms with Crippen molar-refractivity contribution in [1.29, 1.82) is 0 Å². The number of benzene rings is 3. The van der Waals surface area contributed by atoms with E-state index >= 15 is 0 Å². The van der Waals surface area contributed by atoms with E-state index in [1.54, 1.807) is 12.3 Å². The van der Waals surface area contributed by atoms with E-state index in [1.165, 1.54) is 11.6 Å². The summed E-state index contributed by atoms with van der Waals surface area (Å²) in [5, 5.41) is 0. The van der Waals surface area contributed by atoms with Crippen LogP contribution in [0.3, 0.4) is 0 Å². The molecule has 0 amide bonds. The first-order chi connectivity index (χ1) is 13.8. The molecule has 0 bridgehead atoms. The predicted octanol–water partition coefficient (Wildman–Crippen LogP) is 5.29. The summed E-state index contributed by atoms with van der Waals surface area (Å²) in [6.45, 7) is 1.79. The van der Waals surface area contributed by atoms with Gasteiger partial charge >= 0.3 is 0 Å². The maximum Gasteiger partial charge on any atom is 0.165 e. The molecule has 3 aromatic rings. The summed E-state index contributed by atoms with van der Waals surface area (Å²) in [5.74, 6) is -0.104. The van der Waals surface area contributed by atoms with Gasteiger partial charge in [0.2, 0.25) is 0 Å². The standard InChI is InChI=1S/C24H21FN2O/c25-23-13-21(11-12-24(23)28-17-20-9-5-2-6-10-20)22-14-26-18-27(16-22)15-19-7-3-1-4-8-19/h1-14,18H,15-17H2. The molecule has 28 heavy (non-hydrogen) atoms. The monoisotopic (exact) mass is 372 g/mol. The minimum absolute atomic E-state index is 0.258. The highest BCUT2D eigenvalue weighted by atomic mass is 19.1. The van der Waals surface area contributed by atoms with Crippen molar-refractivity contribution in [2.75, 3.05) is 6.54 Å². The second-order valence-electron chi connectivity index (χ2n) is 6.73. The lowest BCUT2D eigenvalue weighted by molar-refractivity contribution is 0.290. The number of rotatable bonds is 6. The normalized spacial score (nSPS) is 13.3. The van der Waals surface area contributed by atoms with Crippen LogP contribution < -0.4 is 4.74 Å². The molecule has 1 heterocycles. The van der Waals surface area contributed by atoms with Crippen LogP contribution in [0.5, 0.6) is 5.75 Å². The zero-order valence-corrected chi connectivity index (χ0v) is 15.5. The third-order valence-electron chi connectivity index (χ3n) is 4.60. The molecule has 3 aromatic carbocycles. The Kier molecular flexibility index (Phi) is 5.48. The third kappa shape index (κ3) is 4.46. The fraction of sp³-hybridized carbons (Fsp3) is 0.125. The zero-order valence-electron chi connectivity index (χ0n) is 15.5. The highest BCUT2D eigenvalue weighted by Crippen LogP contribution is 2.25. The van der Waals surface area contributed by atoms with Crippen molar-refractivity contribution in [1.82, 2.24) is 4.90 Å². The quantitative estimate of drug-likeness (QED) is 0.587. The van der Waals surface area contributed by atoms with Gasteiger partial charge in [0.25, 0.3) is 0 Å². The van der Waals surface area contributed by atoms with Crippen LogP contribution in [0.1, 0.15) is 16.7 Å². The number of aliphatic imine (C=N–C) groups is 1. The maximum atomic E-state index is 14.5. The van der Waals surface area contributed by atoms with Crippen LogP contribution in [0, 0.1) is 5.82 Å². The lowest BCUT2D eigenvalue weighted by Crippen LogP contribution is -2.25. The highest BCUT2D eigenvalue weighted by Gasteiger charge is 2.13. The molecule has 4 heteroatoms. The first kappa shape index (κ1) is 18.0. The van der Waals surface area contributed by atoms with Crippen molar-refractivity contribution in [3.63, 3.8) is 0 Å². The second kappa shape index (κ2) is 8.53. The lowest BCUT2D eigenvalue weighted by atomic mass is 10.0. The van der Waals surface area contributed by atoms with Gasteiger partial charge in [0.05, 0.1) is 6.34 Å². The highest BCUT2D eigenvalue weighted by molar-refractivity contribution is 5.74. The molecule has 140 valence electrons. The van der Waals surface area contributed by atoms with Crippen molar-refractivity contribution < 1.29 is 9.13 Å². The van der Waals surface area contributed by atoms with Gasteiger partial charge in [-0.3, -0.25) is 0 Å². The van der Waals surface area contributed by atoms with E-state index < -0.39 is 0 Å². The lowest BCUT2D eigenvalue weighted by Gasteiger charge is -2.24. The molecule has 0 aromatic heterocycles. The Bertz CT molecular complexity index is 984. The van der Waals surface area contributed by atoms with Crippen molar-refractivity contribution in [2.45, 2.75) is 13.2 Å². The average molecular weight is 372 g/mol. The summed E-state index contributed by atoms with van der Waals surface area (Å²) < 4.78 is 20.2. The summed E-state index contributed by atoms with van der Waals surface area (Å²) in [6, 6.07) is 25.1. The first-order valence-electron chi connectivity index (χ1n) is 9.25. The van der Waals surface area contributed by atoms with E-state index in [0.29, 0.717) is 13.2 Å². The van der Waals surface area contributed by atoms with E-state index in [-0.39, 0.29) is 11.6 Å². The Morgan fingerprint density at radius 3 is 2.32 bits per heavy atom. The minimum Gasteiger partial charge on any atom is -0.486 e. The summed E-state index contributed by atoms with van der Waals surface area (Å²) in [7, 11) is 0. The van der Waals surface area contributed by atoms with Crippen LogP contribution in [-0.4, -0.2) is 17.8 Å². The molecule has 0 atom stereocenters. The van der Waals surface area contributed by atoms with E-state index in [4.69, 9.17) is 4.74 Å². The van der Waals surface area contributed by atoms with Crippen LogP contribution in [-0.2, 0) is 13.2 Å². The molecular weight excluding hydrogens is 351 g/mol. The molecular formula is C24H21FN2O. The Morgan fingerprint density at radius 2 is 1.61 bits per heavy atom. The molecule has 0 fully saturated rings. The van der Waals surface area contributed by atoms with Crippen molar-refractivity contribution in [2.24, 2.45) is 4.99 Å². The zero-order chi connectivity index (χ0) is 19.2. The summed E-state index contributed by atoms with van der Waals surface area (Å²) in [6.07, 6.45) is 3.62. The fourth-order valence-corrected chi connectivity index (χ4v) is 3.15. The van der Waals surface area contributed by atoms with E-state index in [0.717, 1.165) is 23.2 Å². The van der Waals surface area contributed by atoms with Gasteiger partial charge in [0.1, 0.15) is 6.61 Å². The van der Waals surface area contributed by atoms with Crippen LogP contribution in [0.2, 0.25) is 0 Å². The molecule has 0 saturated heterocycles. The molecule has 0 N–H and O–H groups in total.